The summed E-state index contributed by atoms with van der Waals surface area (Å²) in [5, 5.41) is 5.64. The molecular weight excluding hydrogens is 396 g/mol. The lowest BCUT2D eigenvalue weighted by atomic mass is 9.94. The Balaban J connectivity index is 1.51. The standard InChI is InChI=1S/C23H34N4O4/c1-17-11-12-24-20(14-17)26-21(28)9-10-23(30)27(18-6-3-2-4-7-18)16-22(29)25-15-19-8-5-13-31-19/h11-12,14,18-19H,2-10,13,15-16H2,1H3,(H,25,29)(H,24,26,28)/t19-/m1/s1. The van der Waals surface area contributed by atoms with Crippen LogP contribution in [-0.2, 0) is 19.1 Å². The second-order valence-corrected chi connectivity index (χ2v) is 8.52. The van der Waals surface area contributed by atoms with E-state index in [1.165, 1.54) is 0 Å². The summed E-state index contributed by atoms with van der Waals surface area (Å²) in [6, 6.07) is 3.70. The van der Waals surface area contributed by atoms with Gasteiger partial charge in [-0.15, -0.1) is 0 Å². The van der Waals surface area contributed by atoms with E-state index in [-0.39, 0.29) is 49.3 Å². The molecule has 8 heteroatoms. The highest BCUT2D eigenvalue weighted by atomic mass is 16.5. The fourth-order valence-corrected chi connectivity index (χ4v) is 4.23. The molecule has 3 amide bonds. The van der Waals surface area contributed by atoms with Gasteiger partial charge in [0.1, 0.15) is 5.82 Å². The first-order valence-electron chi connectivity index (χ1n) is 11.4. The number of aromatic nitrogens is 1. The summed E-state index contributed by atoms with van der Waals surface area (Å²) in [7, 11) is 0. The quantitative estimate of drug-likeness (QED) is 0.627. The van der Waals surface area contributed by atoms with Gasteiger partial charge in [-0.25, -0.2) is 4.98 Å². The van der Waals surface area contributed by atoms with Gasteiger partial charge < -0.3 is 20.3 Å². The van der Waals surface area contributed by atoms with E-state index in [0.29, 0.717) is 12.4 Å². The predicted molar refractivity (Wildman–Crippen MR) is 117 cm³/mol. The van der Waals surface area contributed by atoms with Crippen LogP contribution in [0, 0.1) is 6.92 Å². The van der Waals surface area contributed by atoms with E-state index in [9.17, 15) is 14.4 Å². The third-order valence-corrected chi connectivity index (χ3v) is 5.95. The Morgan fingerprint density at radius 3 is 2.61 bits per heavy atom. The number of nitrogens with zero attached hydrogens (tertiary/aromatic N) is 2. The molecule has 0 unspecified atom stereocenters. The first-order valence-corrected chi connectivity index (χ1v) is 11.4. The Labute approximate surface area is 184 Å². The SMILES string of the molecule is Cc1ccnc(NC(=O)CCC(=O)N(CC(=O)NC[C@H]2CCCO2)C2CCCCC2)c1. The van der Waals surface area contributed by atoms with E-state index in [4.69, 9.17) is 4.74 Å². The lowest BCUT2D eigenvalue weighted by Crippen LogP contribution is -2.48. The van der Waals surface area contributed by atoms with Crippen LogP contribution in [0.5, 0.6) is 0 Å². The van der Waals surface area contributed by atoms with Gasteiger partial charge in [-0.1, -0.05) is 19.3 Å². The van der Waals surface area contributed by atoms with Crippen molar-refractivity contribution >= 4 is 23.5 Å². The molecule has 2 aliphatic rings. The maximum atomic E-state index is 13.0. The predicted octanol–water partition coefficient (Wildman–Crippen LogP) is 2.57. The molecule has 31 heavy (non-hydrogen) atoms. The van der Waals surface area contributed by atoms with Crippen molar-refractivity contribution in [2.75, 3.05) is 25.0 Å². The van der Waals surface area contributed by atoms with Crippen LogP contribution in [0.25, 0.3) is 0 Å². The summed E-state index contributed by atoms with van der Waals surface area (Å²) < 4.78 is 5.55. The van der Waals surface area contributed by atoms with Crippen molar-refractivity contribution in [2.45, 2.75) is 76.9 Å². The van der Waals surface area contributed by atoms with Crippen LogP contribution in [0.15, 0.2) is 18.3 Å². The minimum absolute atomic E-state index is 0.0390. The van der Waals surface area contributed by atoms with Crippen LogP contribution >= 0.6 is 0 Å². The van der Waals surface area contributed by atoms with Gasteiger partial charge in [-0.2, -0.15) is 0 Å². The Kier molecular flexibility index (Phi) is 8.82. The summed E-state index contributed by atoms with van der Waals surface area (Å²) in [5.74, 6) is -0.0812. The zero-order valence-electron chi connectivity index (χ0n) is 18.4. The van der Waals surface area contributed by atoms with Gasteiger partial charge in [-0.05, 0) is 50.3 Å². The molecule has 3 rings (SSSR count). The number of pyridine rings is 1. The minimum atomic E-state index is -0.252. The largest absolute Gasteiger partial charge is 0.376 e. The van der Waals surface area contributed by atoms with Gasteiger partial charge in [0.25, 0.3) is 0 Å². The normalized spacial score (nSPS) is 19.1. The molecule has 1 aromatic rings. The summed E-state index contributed by atoms with van der Waals surface area (Å²) >= 11 is 0. The second kappa shape index (κ2) is 11.8. The molecule has 2 heterocycles. The van der Waals surface area contributed by atoms with E-state index < -0.39 is 0 Å². The molecule has 0 aromatic carbocycles. The van der Waals surface area contributed by atoms with Crippen molar-refractivity contribution < 1.29 is 19.1 Å². The van der Waals surface area contributed by atoms with Crippen LogP contribution in [-0.4, -0.2) is 59.4 Å². The van der Waals surface area contributed by atoms with Crippen LogP contribution in [0.1, 0.15) is 63.4 Å². The van der Waals surface area contributed by atoms with E-state index in [1.807, 2.05) is 13.0 Å². The Morgan fingerprint density at radius 2 is 1.90 bits per heavy atom. The van der Waals surface area contributed by atoms with E-state index in [2.05, 4.69) is 15.6 Å². The zero-order valence-corrected chi connectivity index (χ0v) is 18.4. The number of amides is 3. The third kappa shape index (κ3) is 7.61. The highest BCUT2D eigenvalue weighted by Crippen LogP contribution is 2.23. The van der Waals surface area contributed by atoms with E-state index >= 15 is 0 Å². The summed E-state index contributed by atoms with van der Waals surface area (Å²) in [5.41, 5.74) is 0.999. The van der Waals surface area contributed by atoms with Gasteiger partial charge in [-0.3, -0.25) is 14.4 Å². The highest BCUT2D eigenvalue weighted by molar-refractivity contribution is 5.93. The average Bonchev–Trinajstić information content (AvgIpc) is 3.29. The smallest absolute Gasteiger partial charge is 0.239 e. The molecule has 1 aliphatic carbocycles. The monoisotopic (exact) mass is 430 g/mol. The number of hydrogen-bond acceptors (Lipinski definition) is 5. The van der Waals surface area contributed by atoms with Gasteiger partial charge >= 0.3 is 0 Å². The summed E-state index contributed by atoms with van der Waals surface area (Å²) in [6.07, 6.45) is 8.92. The van der Waals surface area contributed by atoms with E-state index in [1.54, 1.807) is 17.2 Å². The maximum Gasteiger partial charge on any atom is 0.239 e. The maximum absolute atomic E-state index is 13.0. The Hall–Kier alpha value is -2.48. The topological polar surface area (TPSA) is 101 Å². The van der Waals surface area contributed by atoms with Gasteiger partial charge in [0.05, 0.1) is 12.6 Å². The van der Waals surface area contributed by atoms with Crippen molar-refractivity contribution in [1.29, 1.82) is 0 Å². The molecule has 1 saturated heterocycles. The zero-order chi connectivity index (χ0) is 22.1. The van der Waals surface area contributed by atoms with Crippen LogP contribution in [0.2, 0.25) is 0 Å². The molecule has 0 bridgehead atoms. The second-order valence-electron chi connectivity index (χ2n) is 8.52. The van der Waals surface area contributed by atoms with Crippen molar-refractivity contribution in [3.05, 3.63) is 23.9 Å². The van der Waals surface area contributed by atoms with Crippen LogP contribution in [0.3, 0.4) is 0 Å². The number of aryl methyl sites for hydroxylation is 1. The van der Waals surface area contributed by atoms with Gasteiger partial charge in [0, 0.05) is 38.2 Å². The number of hydrogen-bond donors (Lipinski definition) is 2. The molecule has 0 spiro atoms. The molecule has 1 aliphatic heterocycles. The average molecular weight is 431 g/mol. The van der Waals surface area contributed by atoms with E-state index in [0.717, 1.165) is 57.1 Å². The summed E-state index contributed by atoms with van der Waals surface area (Å²) in [4.78, 5) is 43.6. The number of carbonyl (C=O) groups is 3. The third-order valence-electron chi connectivity index (χ3n) is 5.95. The lowest BCUT2D eigenvalue weighted by molar-refractivity contribution is -0.139. The number of anilines is 1. The number of ether oxygens (including phenoxy) is 1. The Bertz CT molecular complexity index is 758. The number of nitrogens with one attached hydrogen (secondary N) is 2. The molecule has 170 valence electrons. The van der Waals surface area contributed by atoms with Gasteiger partial charge in [0.2, 0.25) is 17.7 Å². The Morgan fingerprint density at radius 1 is 1.10 bits per heavy atom. The molecule has 2 N–H and O–H groups in total. The summed E-state index contributed by atoms with van der Waals surface area (Å²) in [6.45, 7) is 3.19. The van der Waals surface area contributed by atoms with Crippen LogP contribution in [0.4, 0.5) is 5.82 Å². The molecule has 0 radical (unpaired) electrons. The first kappa shape index (κ1) is 23.2. The molecular formula is C23H34N4O4. The fraction of sp³-hybridized carbons (Fsp3) is 0.652. The first-order chi connectivity index (χ1) is 15.0. The van der Waals surface area contributed by atoms with Crippen molar-refractivity contribution in [1.82, 2.24) is 15.2 Å². The molecule has 8 nitrogen and oxygen atoms in total. The van der Waals surface area contributed by atoms with Crippen molar-refractivity contribution in [2.24, 2.45) is 0 Å². The number of rotatable bonds is 9. The molecule has 1 atom stereocenters. The van der Waals surface area contributed by atoms with Crippen molar-refractivity contribution in [3.8, 4) is 0 Å². The van der Waals surface area contributed by atoms with Crippen molar-refractivity contribution in [3.63, 3.8) is 0 Å². The van der Waals surface area contributed by atoms with Crippen LogP contribution < -0.4 is 10.6 Å². The van der Waals surface area contributed by atoms with Gasteiger partial charge in [0.15, 0.2) is 0 Å². The fourth-order valence-electron chi connectivity index (χ4n) is 4.23. The molecule has 1 saturated carbocycles. The number of carbonyl (C=O) groups excluding carboxylic acids is 3. The minimum Gasteiger partial charge on any atom is -0.376 e. The highest BCUT2D eigenvalue weighted by Gasteiger charge is 2.28. The molecule has 1 aromatic heterocycles. The molecule has 2 fully saturated rings. The lowest BCUT2D eigenvalue weighted by Gasteiger charge is -2.34.